The monoisotopic (exact) mass is 648 g/mol. The van der Waals surface area contributed by atoms with Crippen molar-refractivity contribution in [3.63, 3.8) is 0 Å². The van der Waals surface area contributed by atoms with Crippen molar-refractivity contribution in [2.24, 2.45) is 5.11 Å². The van der Waals surface area contributed by atoms with Crippen molar-refractivity contribution in [3.8, 4) is 23.0 Å². The zero-order chi connectivity index (χ0) is 33.9. The van der Waals surface area contributed by atoms with Crippen LogP contribution in [0.2, 0.25) is 0 Å². The summed E-state index contributed by atoms with van der Waals surface area (Å²) in [4.78, 5) is 3.17. The summed E-state index contributed by atoms with van der Waals surface area (Å²) < 4.78 is 26.1. The molecule has 4 aromatic carbocycles. The number of hydrogen-bond acceptors (Lipinski definition) is 6. The highest BCUT2D eigenvalue weighted by Gasteiger charge is 2.24. The van der Waals surface area contributed by atoms with Crippen LogP contribution in [0.1, 0.15) is 97.9 Å². The second kappa shape index (κ2) is 16.8. The maximum absolute atomic E-state index is 9.64. The number of anilines is 1. The molecule has 0 heterocycles. The topological polar surface area (TPSA) is 112 Å². The van der Waals surface area contributed by atoms with E-state index in [1.807, 2.05) is 6.07 Å². The molecule has 8 heteroatoms. The summed E-state index contributed by atoms with van der Waals surface area (Å²) in [7, 11) is 0. The first-order valence-corrected chi connectivity index (χ1v) is 17.3. The van der Waals surface area contributed by atoms with E-state index < -0.39 is 0 Å². The Morgan fingerprint density at radius 3 is 1.29 bits per heavy atom. The minimum atomic E-state index is 0.388. The fourth-order valence-corrected chi connectivity index (χ4v) is 6.36. The van der Waals surface area contributed by atoms with Crippen LogP contribution in [0, 0.1) is 0 Å². The van der Waals surface area contributed by atoms with Gasteiger partial charge in [0.2, 0.25) is 0 Å². The van der Waals surface area contributed by atoms with E-state index >= 15 is 0 Å². The highest BCUT2D eigenvalue weighted by molar-refractivity contribution is 5.74. The van der Waals surface area contributed by atoms with Gasteiger partial charge < -0.3 is 24.7 Å². The molecule has 0 radical (unpaired) electrons. The molecule has 5 rings (SSSR count). The molecule has 8 bridgehead atoms. The molecule has 8 nitrogen and oxygen atoms in total. The van der Waals surface area contributed by atoms with Gasteiger partial charge in [-0.05, 0) is 70.7 Å². The zero-order valence-electron chi connectivity index (χ0n) is 28.8. The van der Waals surface area contributed by atoms with E-state index in [1.165, 1.54) is 0 Å². The second-order valence-electron chi connectivity index (χ2n) is 12.3. The van der Waals surface area contributed by atoms with Crippen LogP contribution in [-0.2, 0) is 25.7 Å². The van der Waals surface area contributed by atoms with Gasteiger partial charge in [-0.3, -0.25) is 0 Å². The Balaban J connectivity index is 1.83. The lowest BCUT2D eigenvalue weighted by molar-refractivity contribution is 0.305. The number of azide groups is 1. The van der Waals surface area contributed by atoms with E-state index in [9.17, 15) is 5.53 Å². The third kappa shape index (κ3) is 7.83. The predicted octanol–water partition coefficient (Wildman–Crippen LogP) is 10.0. The number of benzene rings is 4. The molecule has 0 fully saturated rings. The van der Waals surface area contributed by atoms with Crippen LogP contribution in [0.15, 0.2) is 65.8 Å². The number of fused-ring (bicyclic) bond motifs is 8. The average Bonchev–Trinajstić information content (AvgIpc) is 3.08. The van der Waals surface area contributed by atoms with Gasteiger partial charge in [0.15, 0.2) is 0 Å². The molecule has 0 aliphatic heterocycles. The summed E-state index contributed by atoms with van der Waals surface area (Å²) >= 11 is 0. The third-order valence-electron chi connectivity index (χ3n) is 8.45. The molecule has 1 aliphatic carbocycles. The van der Waals surface area contributed by atoms with Crippen molar-refractivity contribution in [3.05, 3.63) is 116 Å². The van der Waals surface area contributed by atoms with Crippen LogP contribution >= 0.6 is 0 Å². The van der Waals surface area contributed by atoms with Gasteiger partial charge in [0.25, 0.3) is 0 Å². The highest BCUT2D eigenvalue weighted by Crippen LogP contribution is 2.44. The average molecular weight is 649 g/mol. The van der Waals surface area contributed by atoms with E-state index in [0.29, 0.717) is 69.2 Å². The fourth-order valence-electron chi connectivity index (χ4n) is 6.36. The lowest BCUT2D eigenvalue weighted by Crippen LogP contribution is -2.10. The van der Waals surface area contributed by atoms with Gasteiger partial charge >= 0.3 is 0 Å². The number of para-hydroxylation sites is 3. The minimum Gasteiger partial charge on any atom is -0.493 e. The smallest absolute Gasteiger partial charge is 0.126 e. The molecule has 48 heavy (non-hydrogen) atoms. The van der Waals surface area contributed by atoms with Crippen molar-refractivity contribution in [2.75, 3.05) is 32.2 Å². The van der Waals surface area contributed by atoms with E-state index in [2.05, 4.69) is 92.3 Å². The molecule has 4 aromatic rings. The Morgan fingerprint density at radius 2 is 0.917 bits per heavy atom. The van der Waals surface area contributed by atoms with E-state index in [1.54, 1.807) is 0 Å². The standard InChI is InChI=1S/C40H48N4O4/c1-5-18-45-37-27-12-9-13-28(37)23-30-15-11-17-32(39(30)47-20-7-3)25-34-36(43-44-42)35(41)26-33(40(34)48-21-8-4)24-31-16-10-14-29(22-27)38(31)46-19-6-2/h9-17,26H,5-8,18-25,41H2,1-4H3. The van der Waals surface area contributed by atoms with Crippen molar-refractivity contribution in [2.45, 2.75) is 79.1 Å². The first-order chi connectivity index (χ1) is 23.5. The summed E-state index contributed by atoms with van der Waals surface area (Å²) in [6.45, 7) is 10.7. The largest absolute Gasteiger partial charge is 0.493 e. The van der Waals surface area contributed by atoms with E-state index in [4.69, 9.17) is 24.7 Å². The fraction of sp³-hybridized carbons (Fsp3) is 0.400. The van der Waals surface area contributed by atoms with Gasteiger partial charge in [0.1, 0.15) is 23.0 Å². The minimum absolute atomic E-state index is 0.388. The van der Waals surface area contributed by atoms with E-state index in [-0.39, 0.29) is 0 Å². The van der Waals surface area contributed by atoms with Gasteiger partial charge in [-0.1, -0.05) is 87.4 Å². The normalized spacial score (nSPS) is 12.2. The molecular weight excluding hydrogens is 600 g/mol. The molecule has 0 spiro atoms. The molecular formula is C40H48N4O4. The van der Waals surface area contributed by atoms with Crippen molar-refractivity contribution < 1.29 is 18.9 Å². The van der Waals surface area contributed by atoms with Crippen molar-refractivity contribution in [1.82, 2.24) is 0 Å². The first kappa shape index (κ1) is 34.5. The van der Waals surface area contributed by atoms with Crippen molar-refractivity contribution in [1.29, 1.82) is 0 Å². The maximum atomic E-state index is 9.64. The molecule has 0 unspecified atom stereocenters. The highest BCUT2D eigenvalue weighted by atomic mass is 16.5. The Labute approximate surface area is 284 Å². The summed E-state index contributed by atoms with van der Waals surface area (Å²) in [5.74, 6) is 3.32. The number of nitrogens with two attached hydrogens (primary N) is 1. The first-order valence-electron chi connectivity index (χ1n) is 17.3. The molecule has 0 saturated heterocycles. The quantitative estimate of drug-likeness (QED) is 0.0591. The van der Waals surface area contributed by atoms with Crippen LogP contribution in [0.3, 0.4) is 0 Å². The SMILES string of the molecule is CCCOc1c2cccc1Cc1cccc(c1OCCC)Cc1c(N=[N+]=[N-])c(N)cc(c1OCCC)Cc1cccc(c1OCCC)C2. The Hall–Kier alpha value is -4.81. The van der Waals surface area contributed by atoms with Crippen molar-refractivity contribution >= 4 is 11.4 Å². The molecule has 252 valence electrons. The lowest BCUT2D eigenvalue weighted by Gasteiger charge is -2.24. The number of nitrogen functional groups attached to an aromatic ring is 1. The second-order valence-corrected chi connectivity index (χ2v) is 12.3. The summed E-state index contributed by atoms with van der Waals surface area (Å²) in [5.41, 5.74) is 25.2. The van der Waals surface area contributed by atoms with E-state index in [0.717, 1.165) is 87.4 Å². The number of ether oxygens (including phenoxy) is 4. The third-order valence-corrected chi connectivity index (χ3v) is 8.45. The summed E-state index contributed by atoms with van der Waals surface area (Å²) in [6.07, 6.45) is 5.70. The Kier molecular flexibility index (Phi) is 12.1. The Morgan fingerprint density at radius 1 is 0.562 bits per heavy atom. The predicted molar refractivity (Wildman–Crippen MR) is 193 cm³/mol. The zero-order valence-corrected chi connectivity index (χ0v) is 28.8. The van der Waals surface area contributed by atoms with Crippen LogP contribution in [-0.4, -0.2) is 26.4 Å². The molecule has 0 amide bonds. The van der Waals surface area contributed by atoms with Gasteiger partial charge in [-0.25, -0.2) is 0 Å². The number of nitrogens with zero attached hydrogens (tertiary/aromatic N) is 3. The summed E-state index contributed by atoms with van der Waals surface area (Å²) in [6, 6.07) is 21.0. The Bertz CT molecular complexity index is 1760. The molecule has 0 atom stereocenters. The maximum Gasteiger partial charge on any atom is 0.126 e. The molecule has 2 N–H and O–H groups in total. The van der Waals surface area contributed by atoms with Gasteiger partial charge in [-0.15, -0.1) is 0 Å². The summed E-state index contributed by atoms with van der Waals surface area (Å²) in [5, 5.41) is 4.11. The van der Waals surface area contributed by atoms with Crippen LogP contribution in [0.5, 0.6) is 23.0 Å². The molecule has 1 aliphatic rings. The molecule has 0 aromatic heterocycles. The molecule has 0 saturated carbocycles. The van der Waals surface area contributed by atoms with Gasteiger partial charge in [0.05, 0.1) is 32.1 Å². The van der Waals surface area contributed by atoms with Gasteiger partial charge in [-0.2, -0.15) is 0 Å². The van der Waals surface area contributed by atoms with Crippen LogP contribution in [0.4, 0.5) is 11.4 Å². The lowest BCUT2D eigenvalue weighted by atomic mass is 9.90. The number of hydrogen-bond donors (Lipinski definition) is 1. The number of rotatable bonds is 13. The van der Waals surface area contributed by atoms with Gasteiger partial charge in [0, 0.05) is 47.4 Å². The van der Waals surface area contributed by atoms with Crippen LogP contribution < -0.4 is 24.7 Å². The van der Waals surface area contributed by atoms with Crippen LogP contribution in [0.25, 0.3) is 10.4 Å².